The van der Waals surface area contributed by atoms with E-state index >= 15 is 0 Å². The first-order chi connectivity index (χ1) is 11.5. The lowest BCUT2D eigenvalue weighted by atomic mass is 9.96. The second-order valence-electron chi connectivity index (χ2n) is 6.08. The maximum Gasteiger partial charge on any atom is 0.220 e. The van der Waals surface area contributed by atoms with Crippen LogP contribution in [0, 0.1) is 0 Å². The summed E-state index contributed by atoms with van der Waals surface area (Å²) in [6.45, 7) is 3.87. The van der Waals surface area contributed by atoms with Gasteiger partial charge in [0.05, 0.1) is 13.4 Å². The number of aliphatic hydroxyl groups is 1. The molecule has 130 valence electrons. The lowest BCUT2D eigenvalue weighted by molar-refractivity contribution is -0.122. The van der Waals surface area contributed by atoms with E-state index in [9.17, 15) is 9.90 Å². The predicted octanol–water partition coefficient (Wildman–Crippen LogP) is 3.41. The lowest BCUT2D eigenvalue weighted by Crippen LogP contribution is -2.34. The molecule has 1 aromatic carbocycles. The molecule has 0 spiro atoms. The first kappa shape index (κ1) is 18.1. The van der Waals surface area contributed by atoms with Crippen molar-refractivity contribution >= 4 is 5.91 Å². The van der Waals surface area contributed by atoms with Crippen molar-refractivity contribution in [3.05, 3.63) is 54.0 Å². The number of carbonyl (C=O) groups is 1. The van der Waals surface area contributed by atoms with Gasteiger partial charge < -0.3 is 19.6 Å². The Labute approximate surface area is 142 Å². The normalized spacial score (nSPS) is 14.7. The Balaban J connectivity index is 1.85. The Morgan fingerprint density at radius 2 is 2.00 bits per heavy atom. The topological polar surface area (TPSA) is 71.7 Å². The van der Waals surface area contributed by atoms with Crippen LogP contribution in [0.15, 0.2) is 47.1 Å². The summed E-state index contributed by atoms with van der Waals surface area (Å²) >= 11 is 0. The standard InChI is InChI=1S/C19H25NO4/c1-13(15-7-4-5-8-17(15)23-3)11-19(22)20-14(2)12-16(21)18-9-6-10-24-18/h4-10,13-14,16,21H,11-12H2,1-3H3,(H,20,22). The number of rotatable bonds is 8. The van der Waals surface area contributed by atoms with Crippen LogP contribution >= 0.6 is 0 Å². The van der Waals surface area contributed by atoms with E-state index in [4.69, 9.17) is 9.15 Å². The molecule has 24 heavy (non-hydrogen) atoms. The molecule has 2 N–H and O–H groups in total. The van der Waals surface area contributed by atoms with Gasteiger partial charge in [0.2, 0.25) is 5.91 Å². The predicted molar refractivity (Wildman–Crippen MR) is 91.9 cm³/mol. The van der Waals surface area contributed by atoms with Crippen LogP contribution in [0.2, 0.25) is 0 Å². The van der Waals surface area contributed by atoms with Crippen LogP contribution in [0.5, 0.6) is 5.75 Å². The maximum absolute atomic E-state index is 12.2. The van der Waals surface area contributed by atoms with E-state index in [2.05, 4.69) is 5.32 Å². The zero-order chi connectivity index (χ0) is 17.5. The highest BCUT2D eigenvalue weighted by Gasteiger charge is 2.19. The molecule has 1 heterocycles. The van der Waals surface area contributed by atoms with Crippen molar-refractivity contribution in [3.63, 3.8) is 0 Å². The van der Waals surface area contributed by atoms with E-state index in [1.54, 1.807) is 19.2 Å². The number of benzene rings is 1. The number of carbonyl (C=O) groups excluding carboxylic acids is 1. The molecule has 5 nitrogen and oxygen atoms in total. The highest BCUT2D eigenvalue weighted by Crippen LogP contribution is 2.28. The van der Waals surface area contributed by atoms with Gasteiger partial charge in [0, 0.05) is 18.9 Å². The van der Waals surface area contributed by atoms with E-state index in [1.165, 1.54) is 6.26 Å². The number of nitrogens with one attached hydrogen (secondary N) is 1. The quantitative estimate of drug-likeness (QED) is 0.777. The summed E-state index contributed by atoms with van der Waals surface area (Å²) in [7, 11) is 1.63. The van der Waals surface area contributed by atoms with Crippen molar-refractivity contribution in [2.24, 2.45) is 0 Å². The smallest absolute Gasteiger partial charge is 0.220 e. The van der Waals surface area contributed by atoms with Crippen LogP contribution in [-0.4, -0.2) is 24.2 Å². The third-order valence-corrected chi connectivity index (χ3v) is 4.02. The fraction of sp³-hybridized carbons (Fsp3) is 0.421. The molecular formula is C19H25NO4. The van der Waals surface area contributed by atoms with Gasteiger partial charge in [0.15, 0.2) is 0 Å². The molecule has 5 heteroatoms. The molecule has 0 aliphatic rings. The first-order valence-electron chi connectivity index (χ1n) is 8.15. The van der Waals surface area contributed by atoms with Gasteiger partial charge in [-0.15, -0.1) is 0 Å². The number of para-hydroxylation sites is 1. The van der Waals surface area contributed by atoms with Gasteiger partial charge in [0.1, 0.15) is 17.6 Å². The molecule has 0 saturated carbocycles. The molecule has 0 radical (unpaired) electrons. The van der Waals surface area contributed by atoms with Crippen LogP contribution in [0.4, 0.5) is 0 Å². The van der Waals surface area contributed by atoms with Crippen LogP contribution in [0.1, 0.15) is 50.0 Å². The molecular weight excluding hydrogens is 306 g/mol. The molecule has 0 bridgehead atoms. The molecule has 3 atom stereocenters. The Hall–Kier alpha value is -2.27. The van der Waals surface area contributed by atoms with E-state index in [0.717, 1.165) is 11.3 Å². The van der Waals surface area contributed by atoms with Crippen molar-refractivity contribution in [1.29, 1.82) is 0 Å². The van der Waals surface area contributed by atoms with E-state index in [0.29, 0.717) is 18.6 Å². The molecule has 2 aromatic rings. The van der Waals surface area contributed by atoms with Gasteiger partial charge in [-0.2, -0.15) is 0 Å². The SMILES string of the molecule is COc1ccccc1C(C)CC(=O)NC(C)CC(O)c1ccco1. The van der Waals surface area contributed by atoms with Gasteiger partial charge in [-0.05, 0) is 36.6 Å². The maximum atomic E-state index is 12.2. The Kier molecular flexibility index (Phi) is 6.44. The Morgan fingerprint density at radius 3 is 2.67 bits per heavy atom. The number of aliphatic hydroxyl groups excluding tert-OH is 1. The van der Waals surface area contributed by atoms with Crippen LogP contribution in [0.25, 0.3) is 0 Å². The second-order valence-corrected chi connectivity index (χ2v) is 6.08. The van der Waals surface area contributed by atoms with E-state index < -0.39 is 6.10 Å². The average Bonchev–Trinajstić information content (AvgIpc) is 3.08. The average molecular weight is 331 g/mol. The number of hydrogen-bond donors (Lipinski definition) is 2. The molecule has 2 rings (SSSR count). The lowest BCUT2D eigenvalue weighted by Gasteiger charge is -2.19. The summed E-state index contributed by atoms with van der Waals surface area (Å²) in [4.78, 5) is 12.2. The minimum atomic E-state index is -0.720. The largest absolute Gasteiger partial charge is 0.496 e. The first-order valence-corrected chi connectivity index (χ1v) is 8.15. The Bertz CT molecular complexity index is 639. The van der Waals surface area contributed by atoms with Gasteiger partial charge in [-0.3, -0.25) is 4.79 Å². The molecule has 3 unspecified atom stereocenters. The van der Waals surface area contributed by atoms with Crippen LogP contribution in [0.3, 0.4) is 0 Å². The van der Waals surface area contributed by atoms with Crippen molar-refractivity contribution in [3.8, 4) is 5.75 Å². The van der Waals surface area contributed by atoms with Gasteiger partial charge in [0.25, 0.3) is 0 Å². The zero-order valence-electron chi connectivity index (χ0n) is 14.4. The number of methoxy groups -OCH3 is 1. The number of ether oxygens (including phenoxy) is 1. The molecule has 0 aliphatic heterocycles. The minimum absolute atomic E-state index is 0.0448. The summed E-state index contributed by atoms with van der Waals surface area (Å²) in [5, 5.41) is 13.0. The number of amides is 1. The third-order valence-electron chi connectivity index (χ3n) is 4.02. The number of furan rings is 1. The summed E-state index contributed by atoms with van der Waals surface area (Å²) in [6.07, 6.45) is 1.57. The monoisotopic (exact) mass is 331 g/mol. The van der Waals surface area contributed by atoms with Crippen molar-refractivity contribution in [1.82, 2.24) is 5.32 Å². The zero-order valence-corrected chi connectivity index (χ0v) is 14.4. The van der Waals surface area contributed by atoms with Gasteiger partial charge in [-0.1, -0.05) is 25.1 Å². The van der Waals surface area contributed by atoms with Crippen molar-refractivity contribution in [2.45, 2.75) is 44.8 Å². The van der Waals surface area contributed by atoms with Crippen molar-refractivity contribution < 1.29 is 19.1 Å². The molecule has 1 amide bonds. The van der Waals surface area contributed by atoms with E-state index in [-0.39, 0.29) is 17.9 Å². The molecule has 1 aromatic heterocycles. The fourth-order valence-electron chi connectivity index (χ4n) is 2.79. The molecule has 0 saturated heterocycles. The van der Waals surface area contributed by atoms with Gasteiger partial charge >= 0.3 is 0 Å². The van der Waals surface area contributed by atoms with Crippen molar-refractivity contribution in [2.75, 3.05) is 7.11 Å². The number of hydrogen-bond acceptors (Lipinski definition) is 4. The third kappa shape index (κ3) is 4.86. The molecule has 0 fully saturated rings. The summed E-state index contributed by atoms with van der Waals surface area (Å²) < 4.78 is 10.5. The fourth-order valence-corrected chi connectivity index (χ4v) is 2.79. The minimum Gasteiger partial charge on any atom is -0.496 e. The summed E-state index contributed by atoms with van der Waals surface area (Å²) in [5.74, 6) is 1.30. The Morgan fingerprint density at radius 1 is 1.25 bits per heavy atom. The highest BCUT2D eigenvalue weighted by molar-refractivity contribution is 5.77. The highest BCUT2D eigenvalue weighted by atomic mass is 16.5. The summed E-state index contributed by atoms with van der Waals surface area (Å²) in [5.41, 5.74) is 1.01. The molecule has 0 aliphatic carbocycles. The van der Waals surface area contributed by atoms with E-state index in [1.807, 2.05) is 38.1 Å². The van der Waals surface area contributed by atoms with Crippen LogP contribution in [-0.2, 0) is 4.79 Å². The van der Waals surface area contributed by atoms with Gasteiger partial charge in [-0.25, -0.2) is 0 Å². The second kappa shape index (κ2) is 8.55. The summed E-state index contributed by atoms with van der Waals surface area (Å²) in [6, 6.07) is 11.0. The van der Waals surface area contributed by atoms with Crippen LogP contribution < -0.4 is 10.1 Å².